The van der Waals surface area contributed by atoms with Crippen molar-refractivity contribution in [2.45, 2.75) is 58.1 Å². The maximum atomic E-state index is 11.3. The van der Waals surface area contributed by atoms with Gasteiger partial charge in [-0.25, -0.2) is 0 Å². The maximum Gasteiger partial charge on any atom is 0.250 e. The van der Waals surface area contributed by atoms with Crippen LogP contribution in [-0.4, -0.2) is 54.4 Å². The van der Waals surface area contributed by atoms with Crippen molar-refractivity contribution in [3.63, 3.8) is 0 Å². The Labute approximate surface area is 260 Å². The minimum Gasteiger partial charge on any atom is -0.543 e. The Morgan fingerprint density at radius 3 is 1.98 bits per heavy atom. The Hall–Kier alpha value is -3.54. The first-order valence-electron chi connectivity index (χ1n) is 14.6. The van der Waals surface area contributed by atoms with Gasteiger partial charge in [-0.05, 0) is 54.0 Å². The topological polar surface area (TPSA) is 98.8 Å². The molecule has 0 aliphatic carbocycles. The molecule has 2 fully saturated rings. The highest BCUT2D eigenvalue weighted by atomic mass is 28.4. The van der Waals surface area contributed by atoms with Crippen LogP contribution >= 0.6 is 0 Å². The van der Waals surface area contributed by atoms with Gasteiger partial charge in [-0.2, -0.15) is 0 Å². The number of para-hydroxylation sites is 1. The number of aldehydes is 2. The highest BCUT2D eigenvalue weighted by Gasteiger charge is 2.40. The zero-order valence-corrected chi connectivity index (χ0v) is 27.3. The molecule has 9 nitrogen and oxygen atoms in total. The third-order valence-corrected chi connectivity index (χ3v) is 12.2. The van der Waals surface area contributed by atoms with Crippen molar-refractivity contribution in [1.29, 1.82) is 0 Å². The molecule has 2 aliphatic rings. The normalized spacial score (nSPS) is 15.8. The van der Waals surface area contributed by atoms with Gasteiger partial charge in [0.2, 0.25) is 8.32 Å². The van der Waals surface area contributed by atoms with Crippen LogP contribution in [0, 0.1) is 0 Å². The molecule has 0 atom stereocenters. The molecule has 0 aromatic heterocycles. The van der Waals surface area contributed by atoms with E-state index in [9.17, 15) is 9.59 Å². The third kappa shape index (κ3) is 8.34. The second-order valence-corrected chi connectivity index (χ2v) is 16.7. The first-order valence-corrected chi connectivity index (χ1v) is 17.6. The molecule has 2 aliphatic heterocycles. The summed E-state index contributed by atoms with van der Waals surface area (Å²) in [5.41, 5.74) is 3.66. The van der Waals surface area contributed by atoms with Gasteiger partial charge in [0.1, 0.15) is 30.1 Å². The maximum absolute atomic E-state index is 11.3. The highest BCUT2D eigenvalue weighted by Crippen LogP contribution is 2.40. The van der Waals surface area contributed by atoms with Crippen molar-refractivity contribution < 1.29 is 42.4 Å². The van der Waals surface area contributed by atoms with E-state index in [1.54, 1.807) is 31.4 Å². The lowest BCUT2D eigenvalue weighted by Crippen LogP contribution is -2.44. The molecule has 10 heteroatoms. The van der Waals surface area contributed by atoms with Crippen molar-refractivity contribution in [1.82, 2.24) is 0 Å². The first kappa shape index (κ1) is 33.4. The molecule has 0 saturated carbocycles. The number of hydrogen-bond donors (Lipinski definition) is 0. The van der Waals surface area contributed by atoms with E-state index in [2.05, 4.69) is 33.9 Å². The molecular weight excluding hydrogens is 580 g/mol. The van der Waals surface area contributed by atoms with E-state index in [-0.39, 0.29) is 5.04 Å². The van der Waals surface area contributed by atoms with Crippen LogP contribution in [0.1, 0.15) is 70.8 Å². The van der Waals surface area contributed by atoms with Crippen LogP contribution in [0.2, 0.25) is 18.1 Å². The zero-order chi connectivity index (χ0) is 31.7. The fraction of sp³-hybridized carbons (Fsp3) is 0.412. The molecule has 0 radical (unpaired) electrons. The lowest BCUT2D eigenvalue weighted by Gasteiger charge is -2.37. The minimum absolute atomic E-state index is 0.0822. The average Bonchev–Trinajstić information content (AvgIpc) is 3.75. The molecule has 3 aromatic carbocycles. The van der Waals surface area contributed by atoms with E-state index in [0.717, 1.165) is 35.0 Å². The van der Waals surface area contributed by atoms with Gasteiger partial charge in [-0.3, -0.25) is 9.59 Å². The number of rotatable bonds is 10. The number of carbonyl (C=O) groups is 2. The summed E-state index contributed by atoms with van der Waals surface area (Å²) in [5, 5.41) is 0.0822. The molecule has 44 heavy (non-hydrogen) atoms. The summed E-state index contributed by atoms with van der Waals surface area (Å²) in [4.78, 5) is 22.4. The third-order valence-electron chi connectivity index (χ3n) is 7.84. The molecule has 0 unspecified atom stereocenters. The van der Waals surface area contributed by atoms with E-state index in [0.29, 0.717) is 55.7 Å². The summed E-state index contributed by atoms with van der Waals surface area (Å²) in [7, 11) is -0.366. The smallest absolute Gasteiger partial charge is 0.250 e. The highest BCUT2D eigenvalue weighted by molar-refractivity contribution is 6.74. The fourth-order valence-electron chi connectivity index (χ4n) is 4.31. The van der Waals surface area contributed by atoms with Crippen molar-refractivity contribution in [3.05, 3.63) is 88.5 Å². The predicted molar refractivity (Wildman–Crippen MR) is 168 cm³/mol. The summed E-state index contributed by atoms with van der Waals surface area (Å²) in [6.45, 7) is 13.5. The van der Waals surface area contributed by atoms with Crippen LogP contribution in [0.3, 0.4) is 0 Å². The summed E-state index contributed by atoms with van der Waals surface area (Å²) < 4.78 is 39.6. The quantitative estimate of drug-likeness (QED) is 0.174. The Kier molecular flexibility index (Phi) is 11.3. The summed E-state index contributed by atoms with van der Waals surface area (Å²) in [5.74, 6) is 2.00. The summed E-state index contributed by atoms with van der Waals surface area (Å²) in [6.07, 6.45) is 0.728. The van der Waals surface area contributed by atoms with Crippen molar-refractivity contribution >= 4 is 20.9 Å². The van der Waals surface area contributed by atoms with Gasteiger partial charge in [-0.1, -0.05) is 51.1 Å². The largest absolute Gasteiger partial charge is 0.543 e. The second-order valence-electron chi connectivity index (χ2n) is 11.9. The van der Waals surface area contributed by atoms with E-state index in [1.165, 1.54) is 0 Å². The van der Waals surface area contributed by atoms with Gasteiger partial charge in [0.15, 0.2) is 18.9 Å². The van der Waals surface area contributed by atoms with Crippen LogP contribution in [0.4, 0.5) is 0 Å². The fourth-order valence-corrected chi connectivity index (χ4v) is 5.34. The van der Waals surface area contributed by atoms with Gasteiger partial charge in [0.25, 0.3) is 0 Å². The molecule has 5 rings (SSSR count). The molecular formula is C34H42O9Si. The SMILES string of the molecule is CC(C)(C)[Si](C)(C)Oc1cc(C=O)ccc1C1OCCO1.COc1ccc(COc2c(C=O)cccc2C2OCCO2)cc1. The monoisotopic (exact) mass is 622 g/mol. The number of hydrogen-bond acceptors (Lipinski definition) is 9. The predicted octanol–water partition coefficient (Wildman–Crippen LogP) is 7.06. The summed E-state index contributed by atoms with van der Waals surface area (Å²) >= 11 is 0. The van der Waals surface area contributed by atoms with Crippen LogP contribution in [0.5, 0.6) is 17.2 Å². The number of methoxy groups -OCH3 is 1. The zero-order valence-electron chi connectivity index (χ0n) is 26.3. The van der Waals surface area contributed by atoms with Gasteiger partial charge in [0, 0.05) is 11.1 Å². The van der Waals surface area contributed by atoms with E-state index in [1.807, 2.05) is 36.4 Å². The molecule has 2 saturated heterocycles. The van der Waals surface area contributed by atoms with Gasteiger partial charge >= 0.3 is 0 Å². The van der Waals surface area contributed by atoms with Crippen molar-refractivity contribution in [2.75, 3.05) is 33.5 Å². The van der Waals surface area contributed by atoms with Gasteiger partial charge in [-0.15, -0.1) is 0 Å². The first-order chi connectivity index (χ1) is 21.1. The standard InChI is InChI=1S/C18H18O5.C16H24O4Si/c1-20-15-7-5-13(6-8-15)12-23-17-14(11-19)3-2-4-16(17)18-21-9-10-22-18;1-16(2,3)21(4,5)20-14-10-12(11-17)6-7-13(14)15-18-8-9-19-15/h2-8,11,18H,9-10,12H2,1H3;6-7,10-11,15H,8-9H2,1-5H3. The molecule has 0 bridgehead atoms. The Balaban J connectivity index is 0.000000202. The van der Waals surface area contributed by atoms with Crippen LogP contribution < -0.4 is 13.9 Å². The molecule has 3 aromatic rings. The molecule has 236 valence electrons. The van der Waals surface area contributed by atoms with Crippen LogP contribution in [0.15, 0.2) is 60.7 Å². The Bertz CT molecular complexity index is 1390. The van der Waals surface area contributed by atoms with Crippen molar-refractivity contribution in [2.24, 2.45) is 0 Å². The average molecular weight is 623 g/mol. The van der Waals surface area contributed by atoms with E-state index >= 15 is 0 Å². The molecule has 2 heterocycles. The van der Waals surface area contributed by atoms with Gasteiger partial charge < -0.3 is 32.8 Å². The van der Waals surface area contributed by atoms with Crippen molar-refractivity contribution in [3.8, 4) is 17.2 Å². The van der Waals surface area contributed by atoms with Crippen LogP contribution in [-0.2, 0) is 25.6 Å². The van der Waals surface area contributed by atoms with E-state index < -0.39 is 20.9 Å². The Morgan fingerprint density at radius 2 is 1.43 bits per heavy atom. The molecule has 0 amide bonds. The lowest BCUT2D eigenvalue weighted by molar-refractivity contribution is -0.0459. The molecule has 0 N–H and O–H groups in total. The van der Waals surface area contributed by atoms with E-state index in [4.69, 9.17) is 32.8 Å². The molecule has 0 spiro atoms. The summed E-state index contributed by atoms with van der Waals surface area (Å²) in [6, 6.07) is 18.4. The van der Waals surface area contributed by atoms with Crippen LogP contribution in [0.25, 0.3) is 0 Å². The number of ether oxygens (including phenoxy) is 6. The van der Waals surface area contributed by atoms with Gasteiger partial charge in [0.05, 0.1) is 44.7 Å². The second kappa shape index (κ2) is 15.0. The lowest BCUT2D eigenvalue weighted by atomic mass is 10.1. The minimum atomic E-state index is -1.99. The number of benzene rings is 3. The Morgan fingerprint density at radius 1 is 0.818 bits per heavy atom. The number of carbonyl (C=O) groups excluding carboxylic acids is 2.